The van der Waals surface area contributed by atoms with Crippen molar-refractivity contribution in [2.24, 2.45) is 5.92 Å². The van der Waals surface area contributed by atoms with Crippen molar-refractivity contribution in [3.63, 3.8) is 0 Å². The highest BCUT2D eigenvalue weighted by Crippen LogP contribution is 2.38. The molecule has 1 N–H and O–H groups in total. The number of nitrogens with zero attached hydrogens (tertiary/aromatic N) is 2. The van der Waals surface area contributed by atoms with Crippen LogP contribution in [0.2, 0.25) is 0 Å². The predicted octanol–water partition coefficient (Wildman–Crippen LogP) is 3.42. The van der Waals surface area contributed by atoms with Crippen LogP contribution in [0.4, 0.5) is 0 Å². The van der Waals surface area contributed by atoms with Gasteiger partial charge in [0.15, 0.2) is 0 Å². The largest absolute Gasteiger partial charge is 0.310 e. The Labute approximate surface area is 140 Å². The molecular weight excluding hydrogens is 306 g/mol. The molecule has 2 aliphatic rings. The standard InChI is InChI=1S/C18H25N3OS/c1-3-8-19-10-15-20-17-16(18(22)21(15)12-5-6-12)13-7-4-11(2)9-14(13)23-17/h11-12,19H,3-10H2,1-2H3. The molecule has 0 amide bonds. The maximum absolute atomic E-state index is 13.2. The molecule has 2 heterocycles. The van der Waals surface area contributed by atoms with Gasteiger partial charge in [-0.2, -0.15) is 0 Å². The summed E-state index contributed by atoms with van der Waals surface area (Å²) in [5, 5.41) is 4.35. The van der Waals surface area contributed by atoms with E-state index >= 15 is 0 Å². The highest BCUT2D eigenvalue weighted by molar-refractivity contribution is 7.18. The third kappa shape index (κ3) is 2.74. The quantitative estimate of drug-likeness (QED) is 0.854. The molecule has 1 atom stereocenters. The Morgan fingerprint density at radius 3 is 2.91 bits per heavy atom. The van der Waals surface area contributed by atoms with Crippen molar-refractivity contribution in [3.05, 3.63) is 26.6 Å². The molecule has 23 heavy (non-hydrogen) atoms. The van der Waals surface area contributed by atoms with Crippen molar-refractivity contribution in [2.45, 2.75) is 65.0 Å². The van der Waals surface area contributed by atoms with Crippen LogP contribution in [0.15, 0.2) is 4.79 Å². The van der Waals surface area contributed by atoms with Gasteiger partial charge < -0.3 is 5.32 Å². The minimum Gasteiger partial charge on any atom is -0.310 e. The first kappa shape index (κ1) is 15.3. The first-order valence-electron chi connectivity index (χ1n) is 8.95. The monoisotopic (exact) mass is 331 g/mol. The zero-order chi connectivity index (χ0) is 16.0. The normalized spacial score (nSPS) is 20.9. The van der Waals surface area contributed by atoms with Gasteiger partial charge in [-0.15, -0.1) is 11.3 Å². The number of fused-ring (bicyclic) bond motifs is 3. The maximum Gasteiger partial charge on any atom is 0.262 e. The number of hydrogen-bond acceptors (Lipinski definition) is 4. The van der Waals surface area contributed by atoms with E-state index in [1.165, 1.54) is 16.9 Å². The fourth-order valence-electron chi connectivity index (χ4n) is 3.66. The topological polar surface area (TPSA) is 46.9 Å². The molecule has 4 rings (SSSR count). The summed E-state index contributed by atoms with van der Waals surface area (Å²) in [5.41, 5.74) is 1.53. The van der Waals surface area contributed by atoms with Gasteiger partial charge in [0.05, 0.1) is 11.9 Å². The van der Waals surface area contributed by atoms with E-state index in [0.29, 0.717) is 12.6 Å². The van der Waals surface area contributed by atoms with Gasteiger partial charge in [0, 0.05) is 10.9 Å². The van der Waals surface area contributed by atoms with Crippen LogP contribution in [0.25, 0.3) is 10.2 Å². The van der Waals surface area contributed by atoms with E-state index < -0.39 is 0 Å². The van der Waals surface area contributed by atoms with E-state index in [2.05, 4.69) is 19.2 Å². The van der Waals surface area contributed by atoms with Crippen molar-refractivity contribution in [2.75, 3.05) is 6.54 Å². The van der Waals surface area contributed by atoms with E-state index in [-0.39, 0.29) is 5.56 Å². The van der Waals surface area contributed by atoms with Crippen LogP contribution in [0.5, 0.6) is 0 Å². The Morgan fingerprint density at radius 2 is 2.17 bits per heavy atom. The summed E-state index contributed by atoms with van der Waals surface area (Å²) >= 11 is 1.76. The smallest absolute Gasteiger partial charge is 0.262 e. The Bertz CT molecular complexity index is 788. The summed E-state index contributed by atoms with van der Waals surface area (Å²) < 4.78 is 2.00. The zero-order valence-corrected chi connectivity index (χ0v) is 14.8. The number of thiophene rings is 1. The molecule has 2 aromatic heterocycles. The van der Waals surface area contributed by atoms with Gasteiger partial charge in [-0.05, 0) is 56.6 Å². The summed E-state index contributed by atoms with van der Waals surface area (Å²) in [6.07, 6.45) is 6.70. The van der Waals surface area contributed by atoms with E-state index in [0.717, 1.165) is 60.6 Å². The van der Waals surface area contributed by atoms with Gasteiger partial charge in [0.2, 0.25) is 0 Å². The second-order valence-electron chi connectivity index (χ2n) is 7.14. The molecule has 2 aliphatic carbocycles. The minimum absolute atomic E-state index is 0.220. The highest BCUT2D eigenvalue weighted by Gasteiger charge is 2.30. The lowest BCUT2D eigenvalue weighted by Crippen LogP contribution is -2.28. The molecule has 1 fully saturated rings. The summed E-state index contributed by atoms with van der Waals surface area (Å²) in [6.45, 7) is 6.14. The van der Waals surface area contributed by atoms with Gasteiger partial charge in [-0.1, -0.05) is 13.8 Å². The third-order valence-electron chi connectivity index (χ3n) is 5.06. The Hall–Kier alpha value is -1.20. The highest BCUT2D eigenvalue weighted by atomic mass is 32.1. The third-order valence-corrected chi connectivity index (χ3v) is 6.20. The molecule has 0 saturated heterocycles. The molecule has 0 aromatic carbocycles. The average Bonchev–Trinajstić information content (AvgIpc) is 3.28. The molecule has 5 heteroatoms. The van der Waals surface area contributed by atoms with E-state index in [1.807, 2.05) is 4.57 Å². The van der Waals surface area contributed by atoms with Crippen LogP contribution in [0.1, 0.15) is 61.8 Å². The SMILES string of the molecule is CCCNCc1nc2sc3c(c2c(=O)n1C1CC1)CCC(C)C3. The Kier molecular flexibility index (Phi) is 4.01. The van der Waals surface area contributed by atoms with Crippen molar-refractivity contribution in [3.8, 4) is 0 Å². The van der Waals surface area contributed by atoms with Gasteiger partial charge in [0.1, 0.15) is 10.7 Å². The molecule has 124 valence electrons. The van der Waals surface area contributed by atoms with Gasteiger partial charge in [-0.3, -0.25) is 9.36 Å². The lowest BCUT2D eigenvalue weighted by Gasteiger charge is -2.18. The Morgan fingerprint density at radius 1 is 1.35 bits per heavy atom. The fraction of sp³-hybridized carbons (Fsp3) is 0.667. The summed E-state index contributed by atoms with van der Waals surface area (Å²) in [7, 11) is 0. The molecule has 1 saturated carbocycles. The van der Waals surface area contributed by atoms with Crippen LogP contribution in [0, 0.1) is 5.92 Å². The second-order valence-corrected chi connectivity index (χ2v) is 8.23. The van der Waals surface area contributed by atoms with Gasteiger partial charge in [0.25, 0.3) is 5.56 Å². The number of nitrogens with one attached hydrogen (secondary N) is 1. The van der Waals surface area contributed by atoms with E-state index in [4.69, 9.17) is 4.98 Å². The summed E-state index contributed by atoms with van der Waals surface area (Å²) in [5.74, 6) is 1.66. The number of aromatic nitrogens is 2. The first-order valence-corrected chi connectivity index (χ1v) is 9.77. The van der Waals surface area contributed by atoms with Crippen molar-refractivity contribution < 1.29 is 0 Å². The van der Waals surface area contributed by atoms with Crippen molar-refractivity contribution in [1.29, 1.82) is 0 Å². The molecule has 0 aliphatic heterocycles. The van der Waals surface area contributed by atoms with Crippen LogP contribution < -0.4 is 10.9 Å². The molecule has 0 radical (unpaired) electrons. The van der Waals surface area contributed by atoms with Crippen molar-refractivity contribution in [1.82, 2.24) is 14.9 Å². The molecular formula is C18H25N3OS. The molecule has 0 bridgehead atoms. The lowest BCUT2D eigenvalue weighted by atomic mass is 9.89. The number of aryl methyl sites for hydroxylation is 1. The van der Waals surface area contributed by atoms with E-state index in [9.17, 15) is 4.79 Å². The van der Waals surface area contributed by atoms with Crippen LogP contribution in [0.3, 0.4) is 0 Å². The van der Waals surface area contributed by atoms with Crippen molar-refractivity contribution >= 4 is 21.6 Å². The van der Waals surface area contributed by atoms with Gasteiger partial charge in [-0.25, -0.2) is 4.98 Å². The van der Waals surface area contributed by atoms with Gasteiger partial charge >= 0.3 is 0 Å². The zero-order valence-electron chi connectivity index (χ0n) is 14.0. The molecule has 2 aromatic rings. The van der Waals surface area contributed by atoms with Crippen LogP contribution in [-0.4, -0.2) is 16.1 Å². The summed E-state index contributed by atoms with van der Waals surface area (Å²) in [6, 6.07) is 0.385. The molecule has 0 spiro atoms. The average molecular weight is 331 g/mol. The fourth-order valence-corrected chi connectivity index (χ4v) is 5.05. The Balaban J connectivity index is 1.83. The lowest BCUT2D eigenvalue weighted by molar-refractivity contribution is 0.508. The molecule has 1 unspecified atom stereocenters. The maximum atomic E-state index is 13.2. The van der Waals surface area contributed by atoms with Crippen LogP contribution >= 0.6 is 11.3 Å². The molecule has 4 nitrogen and oxygen atoms in total. The predicted molar refractivity (Wildman–Crippen MR) is 95.3 cm³/mol. The number of rotatable bonds is 5. The number of hydrogen-bond donors (Lipinski definition) is 1. The first-order chi connectivity index (χ1) is 11.2. The van der Waals surface area contributed by atoms with Crippen LogP contribution in [-0.2, 0) is 19.4 Å². The minimum atomic E-state index is 0.220. The summed E-state index contributed by atoms with van der Waals surface area (Å²) in [4.78, 5) is 20.5. The second kappa shape index (κ2) is 6.02. The van der Waals surface area contributed by atoms with E-state index in [1.54, 1.807) is 11.3 Å².